The number of guanidine groups is 1. The number of rotatable bonds is 6. The molecule has 15 heavy (non-hydrogen) atoms. The Morgan fingerprint density at radius 3 is 2.27 bits per heavy atom. The van der Waals surface area contributed by atoms with Gasteiger partial charge in [-0.2, -0.15) is 0 Å². The van der Waals surface area contributed by atoms with E-state index in [1.807, 2.05) is 0 Å². The summed E-state index contributed by atoms with van der Waals surface area (Å²) in [5.74, 6) is 0.901. The van der Waals surface area contributed by atoms with Gasteiger partial charge in [-0.3, -0.25) is 4.99 Å². The van der Waals surface area contributed by atoms with Crippen molar-refractivity contribution in [2.24, 2.45) is 4.99 Å². The van der Waals surface area contributed by atoms with Crippen LogP contribution in [0.15, 0.2) is 4.99 Å². The molecule has 0 saturated carbocycles. The molecule has 0 aliphatic carbocycles. The summed E-state index contributed by atoms with van der Waals surface area (Å²) in [7, 11) is 0. The van der Waals surface area contributed by atoms with E-state index >= 15 is 0 Å². The lowest BCUT2D eigenvalue weighted by Crippen LogP contribution is -2.44. The predicted octanol–water partition coefficient (Wildman–Crippen LogP) is 0.948. The van der Waals surface area contributed by atoms with E-state index < -0.39 is 0 Å². The second-order valence-corrected chi connectivity index (χ2v) is 4.15. The Bertz CT molecular complexity index is 175. The first-order valence-corrected chi connectivity index (χ1v) is 5.85. The van der Waals surface area contributed by atoms with Crippen molar-refractivity contribution in [2.45, 2.75) is 46.7 Å². The van der Waals surface area contributed by atoms with E-state index in [0.717, 1.165) is 25.6 Å². The molecule has 4 nitrogen and oxygen atoms in total. The zero-order valence-electron chi connectivity index (χ0n) is 10.7. The highest BCUT2D eigenvalue weighted by atomic mass is 15.2. The summed E-state index contributed by atoms with van der Waals surface area (Å²) in [6, 6.07) is 0.729. The summed E-state index contributed by atoms with van der Waals surface area (Å²) < 4.78 is 0. The van der Waals surface area contributed by atoms with E-state index in [4.69, 9.17) is 0 Å². The van der Waals surface area contributed by atoms with Crippen LogP contribution < -0.4 is 16.0 Å². The molecular formula is C11H26N4. The monoisotopic (exact) mass is 214 g/mol. The highest BCUT2D eigenvalue weighted by Crippen LogP contribution is 1.86. The van der Waals surface area contributed by atoms with Crippen LogP contribution >= 0.6 is 0 Å². The van der Waals surface area contributed by atoms with Gasteiger partial charge in [0.2, 0.25) is 0 Å². The van der Waals surface area contributed by atoms with E-state index in [0.29, 0.717) is 12.1 Å². The SMILES string of the molecule is CCNCCN/C(=N/C(C)C)NC(C)C. The van der Waals surface area contributed by atoms with Gasteiger partial charge in [-0.05, 0) is 34.2 Å². The maximum absolute atomic E-state index is 4.48. The molecule has 0 atom stereocenters. The first-order valence-electron chi connectivity index (χ1n) is 5.85. The summed E-state index contributed by atoms with van der Waals surface area (Å²) >= 11 is 0. The molecule has 0 aromatic rings. The highest BCUT2D eigenvalue weighted by molar-refractivity contribution is 5.80. The number of nitrogens with one attached hydrogen (secondary N) is 3. The molecule has 0 aliphatic heterocycles. The number of nitrogens with zero attached hydrogens (tertiary/aromatic N) is 1. The molecule has 0 heterocycles. The average molecular weight is 214 g/mol. The van der Waals surface area contributed by atoms with E-state index in [2.05, 4.69) is 55.6 Å². The molecule has 3 N–H and O–H groups in total. The lowest BCUT2D eigenvalue weighted by atomic mass is 10.4. The molecule has 90 valence electrons. The largest absolute Gasteiger partial charge is 0.355 e. The third-order valence-electron chi connectivity index (χ3n) is 1.66. The summed E-state index contributed by atoms with van der Waals surface area (Å²) in [4.78, 5) is 4.48. The van der Waals surface area contributed by atoms with E-state index in [-0.39, 0.29) is 0 Å². The van der Waals surface area contributed by atoms with Gasteiger partial charge >= 0.3 is 0 Å². The van der Waals surface area contributed by atoms with Crippen molar-refractivity contribution in [1.82, 2.24) is 16.0 Å². The normalized spacial score (nSPS) is 12.3. The highest BCUT2D eigenvalue weighted by Gasteiger charge is 2.00. The number of hydrogen-bond donors (Lipinski definition) is 3. The predicted molar refractivity (Wildman–Crippen MR) is 67.4 cm³/mol. The van der Waals surface area contributed by atoms with E-state index in [1.54, 1.807) is 0 Å². The molecule has 0 aliphatic rings. The quantitative estimate of drug-likeness (QED) is 0.350. The van der Waals surface area contributed by atoms with Crippen molar-refractivity contribution in [3.05, 3.63) is 0 Å². The summed E-state index contributed by atoms with van der Waals surface area (Å²) in [6.45, 7) is 13.4. The standard InChI is InChI=1S/C11H26N4/c1-6-12-7-8-13-11(14-9(2)3)15-10(4)5/h9-10,12H,6-8H2,1-5H3,(H2,13,14,15). The second-order valence-electron chi connectivity index (χ2n) is 4.15. The van der Waals surface area contributed by atoms with Gasteiger partial charge in [0, 0.05) is 25.2 Å². The molecule has 0 radical (unpaired) electrons. The van der Waals surface area contributed by atoms with Crippen LogP contribution in [-0.4, -0.2) is 37.7 Å². The summed E-state index contributed by atoms with van der Waals surface area (Å²) in [5, 5.41) is 9.86. The van der Waals surface area contributed by atoms with Crippen molar-refractivity contribution in [2.75, 3.05) is 19.6 Å². The Kier molecular flexibility index (Phi) is 8.09. The molecule has 0 spiro atoms. The maximum atomic E-state index is 4.48. The Hall–Kier alpha value is -0.770. The van der Waals surface area contributed by atoms with Gasteiger partial charge in [0.1, 0.15) is 0 Å². The smallest absolute Gasteiger partial charge is 0.191 e. The third kappa shape index (κ3) is 9.53. The molecule has 0 aromatic heterocycles. The Labute approximate surface area is 93.9 Å². The zero-order valence-corrected chi connectivity index (χ0v) is 10.7. The minimum absolute atomic E-state index is 0.317. The van der Waals surface area contributed by atoms with Gasteiger partial charge < -0.3 is 16.0 Å². The van der Waals surface area contributed by atoms with Crippen LogP contribution in [0.25, 0.3) is 0 Å². The van der Waals surface area contributed by atoms with Crippen LogP contribution in [0.2, 0.25) is 0 Å². The lowest BCUT2D eigenvalue weighted by molar-refractivity contribution is 0.656. The van der Waals surface area contributed by atoms with Gasteiger partial charge in [0.15, 0.2) is 5.96 Å². The molecule has 0 aromatic carbocycles. The first kappa shape index (κ1) is 14.2. The van der Waals surface area contributed by atoms with Crippen LogP contribution in [0.1, 0.15) is 34.6 Å². The van der Waals surface area contributed by atoms with Crippen molar-refractivity contribution in [3.8, 4) is 0 Å². The zero-order chi connectivity index (χ0) is 11.7. The number of likely N-dealkylation sites (N-methyl/N-ethyl adjacent to an activating group) is 1. The van der Waals surface area contributed by atoms with Crippen LogP contribution in [0, 0.1) is 0 Å². The van der Waals surface area contributed by atoms with Crippen molar-refractivity contribution in [1.29, 1.82) is 0 Å². The Morgan fingerprint density at radius 2 is 1.80 bits per heavy atom. The molecule has 0 saturated heterocycles. The van der Waals surface area contributed by atoms with Crippen molar-refractivity contribution < 1.29 is 0 Å². The van der Waals surface area contributed by atoms with Crippen LogP contribution in [0.5, 0.6) is 0 Å². The fraction of sp³-hybridized carbons (Fsp3) is 0.909. The molecule has 0 unspecified atom stereocenters. The second kappa shape index (κ2) is 8.53. The minimum Gasteiger partial charge on any atom is -0.355 e. The van der Waals surface area contributed by atoms with Crippen LogP contribution in [0.4, 0.5) is 0 Å². The first-order chi connectivity index (χ1) is 7.06. The molecule has 0 rings (SSSR count). The summed E-state index contributed by atoms with van der Waals surface area (Å²) in [5.41, 5.74) is 0. The molecule has 0 amide bonds. The topological polar surface area (TPSA) is 48.5 Å². The fourth-order valence-electron chi connectivity index (χ4n) is 1.11. The molecule has 4 heteroatoms. The van der Waals surface area contributed by atoms with E-state index in [9.17, 15) is 0 Å². The van der Waals surface area contributed by atoms with Gasteiger partial charge in [0.25, 0.3) is 0 Å². The van der Waals surface area contributed by atoms with Crippen LogP contribution in [0.3, 0.4) is 0 Å². The third-order valence-corrected chi connectivity index (χ3v) is 1.66. The van der Waals surface area contributed by atoms with Crippen LogP contribution in [-0.2, 0) is 0 Å². The van der Waals surface area contributed by atoms with Gasteiger partial charge in [0.05, 0.1) is 0 Å². The fourth-order valence-corrected chi connectivity index (χ4v) is 1.11. The maximum Gasteiger partial charge on any atom is 0.191 e. The van der Waals surface area contributed by atoms with Crippen molar-refractivity contribution in [3.63, 3.8) is 0 Å². The number of aliphatic imine (C=N–C) groups is 1. The Balaban J connectivity index is 3.91. The molecular weight excluding hydrogens is 188 g/mol. The molecule has 0 fully saturated rings. The lowest BCUT2D eigenvalue weighted by Gasteiger charge is -2.16. The van der Waals surface area contributed by atoms with E-state index in [1.165, 1.54) is 0 Å². The average Bonchev–Trinajstić information content (AvgIpc) is 2.10. The Morgan fingerprint density at radius 1 is 1.13 bits per heavy atom. The van der Waals surface area contributed by atoms with Crippen molar-refractivity contribution >= 4 is 5.96 Å². The molecule has 0 bridgehead atoms. The van der Waals surface area contributed by atoms with Gasteiger partial charge in [-0.1, -0.05) is 6.92 Å². The van der Waals surface area contributed by atoms with Gasteiger partial charge in [-0.15, -0.1) is 0 Å². The number of hydrogen-bond acceptors (Lipinski definition) is 2. The summed E-state index contributed by atoms with van der Waals surface area (Å²) in [6.07, 6.45) is 0. The minimum atomic E-state index is 0.317. The van der Waals surface area contributed by atoms with Gasteiger partial charge in [-0.25, -0.2) is 0 Å².